The molecule has 25 heteroatoms. The number of nitrogens with two attached hydrogens (primary N) is 2. The number of benzene rings is 1. The monoisotopic (exact) mass is 660 g/mol. The lowest BCUT2D eigenvalue weighted by Gasteiger charge is -2.19. The van der Waals surface area contributed by atoms with E-state index in [2.05, 4.69) is 28.1 Å². The first-order chi connectivity index (χ1) is 19.3. The van der Waals surface area contributed by atoms with Crippen molar-refractivity contribution < 1.29 is 76.4 Å². The minimum absolute atomic E-state index is 0.0426. The molecule has 12 N–H and O–H groups in total. The van der Waals surface area contributed by atoms with Crippen LogP contribution in [-0.4, -0.2) is 90.4 Å². The van der Waals surface area contributed by atoms with E-state index in [0.29, 0.717) is 5.69 Å². The smallest absolute Gasteiger partial charge is 0.490 e. The number of phosphoric acid groups is 3. The molecule has 0 amide bonds. The predicted octanol–water partition coefficient (Wildman–Crippen LogP) is -0.956. The number of carboxylic acid groups (broad SMARTS) is 1. The summed E-state index contributed by atoms with van der Waals surface area (Å²) >= 11 is 0. The van der Waals surface area contributed by atoms with Crippen LogP contribution in [0.15, 0.2) is 30.9 Å². The van der Waals surface area contributed by atoms with Gasteiger partial charge < -0.3 is 56.2 Å². The van der Waals surface area contributed by atoms with E-state index in [1.807, 2.05) is 0 Å². The van der Waals surface area contributed by atoms with Crippen molar-refractivity contribution in [1.82, 2.24) is 19.5 Å². The number of anilines is 2. The Hall–Kier alpha value is -3.07. The molecule has 2 unspecified atom stereocenters. The molecule has 232 valence electrons. The number of fused-ring (bicyclic) bond motifs is 1. The largest absolute Gasteiger partial charge is 0.507 e. The van der Waals surface area contributed by atoms with Gasteiger partial charge in [-0.1, -0.05) is 0 Å². The number of nitrogens with zero attached hydrogens (tertiary/aromatic N) is 4. The number of hydrogen-bond acceptors (Lipinski definition) is 16. The highest BCUT2D eigenvalue weighted by Gasteiger charge is 2.47. The van der Waals surface area contributed by atoms with Crippen molar-refractivity contribution in [2.45, 2.75) is 24.5 Å². The maximum Gasteiger partial charge on any atom is 0.490 e. The Morgan fingerprint density at radius 3 is 2.26 bits per heavy atom. The molecule has 2 aromatic heterocycles. The lowest BCUT2D eigenvalue weighted by molar-refractivity contribution is -0.0503. The van der Waals surface area contributed by atoms with E-state index >= 15 is 0 Å². The molecule has 1 fully saturated rings. The summed E-state index contributed by atoms with van der Waals surface area (Å²) in [5.41, 5.74) is 11.4. The molecule has 42 heavy (non-hydrogen) atoms. The number of aromatic nitrogens is 4. The summed E-state index contributed by atoms with van der Waals surface area (Å²) in [7, 11) is -16.7. The third-order valence-corrected chi connectivity index (χ3v) is 8.87. The number of aromatic hydroxyl groups is 1. The number of ether oxygens (including phenoxy) is 1. The van der Waals surface area contributed by atoms with Crippen LogP contribution in [0, 0.1) is 0 Å². The van der Waals surface area contributed by atoms with Crippen LogP contribution in [0.25, 0.3) is 11.2 Å². The van der Waals surface area contributed by atoms with Crippen LogP contribution in [-0.2, 0) is 31.6 Å². The van der Waals surface area contributed by atoms with Crippen LogP contribution in [0.3, 0.4) is 0 Å². The first kappa shape index (κ1) is 33.4. The van der Waals surface area contributed by atoms with Gasteiger partial charge in [-0.05, 0) is 18.2 Å². The number of phosphoric ester groups is 1. The van der Waals surface area contributed by atoms with Crippen LogP contribution in [0.2, 0.25) is 0 Å². The van der Waals surface area contributed by atoms with Gasteiger partial charge in [-0.25, -0.2) is 33.4 Å². The van der Waals surface area contributed by atoms with Gasteiger partial charge in [0.2, 0.25) is 0 Å². The molecule has 3 aromatic rings. The zero-order chi connectivity index (χ0) is 31.6. The molecule has 0 saturated carbocycles. The quantitative estimate of drug-likeness (QED) is 0.0750. The highest BCUT2D eigenvalue weighted by Crippen LogP contribution is 2.66. The lowest BCUT2D eigenvalue weighted by Crippen LogP contribution is -2.33. The van der Waals surface area contributed by atoms with Gasteiger partial charge in [0.1, 0.15) is 41.5 Å². The maximum absolute atomic E-state index is 11.8. The molecule has 4 rings (SSSR count). The molecule has 1 saturated heterocycles. The Kier molecular flexibility index (Phi) is 10.1. The number of rotatable bonds is 9. The number of aliphatic hydroxyl groups is 2. The van der Waals surface area contributed by atoms with E-state index in [4.69, 9.17) is 41.1 Å². The third-order valence-electron chi connectivity index (χ3n) is 5.07. The summed E-state index contributed by atoms with van der Waals surface area (Å²) in [5.74, 6) is -1.41. The van der Waals surface area contributed by atoms with Crippen molar-refractivity contribution in [2.24, 2.45) is 0 Å². The van der Waals surface area contributed by atoms with Crippen LogP contribution in [0.5, 0.6) is 5.75 Å². The van der Waals surface area contributed by atoms with E-state index in [0.717, 1.165) is 6.33 Å². The lowest BCUT2D eigenvalue weighted by atomic mass is 10.1. The second-order valence-corrected chi connectivity index (χ2v) is 12.5. The molecule has 0 radical (unpaired) electrons. The molecule has 1 aliphatic rings. The molecule has 0 bridgehead atoms. The van der Waals surface area contributed by atoms with Gasteiger partial charge in [0.15, 0.2) is 17.7 Å². The summed E-state index contributed by atoms with van der Waals surface area (Å²) in [6.45, 7) is -0.956. The number of nitrogen functional groups attached to an aromatic ring is 2. The standard InChI is InChI=1S/C10H16N5O13P3.C7H7NO3/c11-8-5-9(13-2-12-8)15(3-14-5)10-7(17)6(16)4(26-10)1-25-30(21,22)28-31(23,24)27-29(18,19)20;8-4-1-2-6(9)5(3-4)7(10)11/h2-4,6-7,10,16-17H,1H2,(H,21,22)(H,23,24)(H2,11,12,13)(H2,18,19,20);1-3,9H,8H2,(H,10,11)/t4-,6-,7-,10-;/m1./s1. The molecule has 22 nitrogen and oxygen atoms in total. The first-order valence-corrected chi connectivity index (χ1v) is 15.4. The Morgan fingerprint density at radius 1 is 1.00 bits per heavy atom. The van der Waals surface area contributed by atoms with Crippen LogP contribution in [0.4, 0.5) is 11.5 Å². The molecule has 6 atom stereocenters. The average Bonchev–Trinajstić information content (AvgIpc) is 3.39. The van der Waals surface area contributed by atoms with Gasteiger partial charge in [-0.15, -0.1) is 0 Å². The van der Waals surface area contributed by atoms with Crippen molar-refractivity contribution in [3.8, 4) is 5.75 Å². The zero-order valence-electron chi connectivity index (χ0n) is 20.5. The average molecular weight is 660 g/mol. The van der Waals surface area contributed by atoms with E-state index in [1.165, 1.54) is 29.1 Å². The number of carbonyl (C=O) groups is 1. The fourth-order valence-corrected chi connectivity index (χ4v) is 6.38. The molecular weight excluding hydrogens is 637 g/mol. The number of hydrogen-bond donors (Lipinski definition) is 10. The van der Waals surface area contributed by atoms with Gasteiger partial charge in [0.25, 0.3) is 0 Å². The maximum atomic E-state index is 11.8. The SMILES string of the molecule is Nc1ccc(O)c(C(=O)O)c1.Nc1ncnc2c1ncn2[C@@H]1O[C@H](COP(=O)(O)OP(=O)(O)OP(=O)(O)O)[C@@H](O)[C@H]1O. The fraction of sp³-hybridized carbons (Fsp3) is 0.294. The highest BCUT2D eigenvalue weighted by molar-refractivity contribution is 7.66. The van der Waals surface area contributed by atoms with E-state index in [9.17, 15) is 33.6 Å². The van der Waals surface area contributed by atoms with Crippen LogP contribution < -0.4 is 11.5 Å². The van der Waals surface area contributed by atoms with E-state index in [-0.39, 0.29) is 28.3 Å². The van der Waals surface area contributed by atoms with E-state index < -0.39 is 60.6 Å². The van der Waals surface area contributed by atoms with Gasteiger partial charge in [-0.2, -0.15) is 8.62 Å². The predicted molar refractivity (Wildman–Crippen MR) is 135 cm³/mol. The Morgan fingerprint density at radius 2 is 1.67 bits per heavy atom. The van der Waals surface area contributed by atoms with Crippen molar-refractivity contribution in [2.75, 3.05) is 18.1 Å². The minimum Gasteiger partial charge on any atom is -0.507 e. The Labute approximate surface area is 233 Å². The topological polar surface area (TPSA) is 363 Å². The second-order valence-electron chi connectivity index (χ2n) is 8.10. The summed E-state index contributed by atoms with van der Waals surface area (Å²) in [4.78, 5) is 57.6. The van der Waals surface area contributed by atoms with Crippen molar-refractivity contribution in [3.63, 3.8) is 0 Å². The summed E-state index contributed by atoms with van der Waals surface area (Å²) in [6, 6.07) is 3.89. The third kappa shape index (κ3) is 8.49. The van der Waals surface area contributed by atoms with Gasteiger partial charge >= 0.3 is 29.4 Å². The van der Waals surface area contributed by atoms with Crippen LogP contribution >= 0.6 is 23.5 Å². The Balaban J connectivity index is 0.000000369. The number of carboxylic acids is 1. The van der Waals surface area contributed by atoms with Gasteiger partial charge in [-0.3, -0.25) is 9.09 Å². The van der Waals surface area contributed by atoms with Gasteiger partial charge in [0, 0.05) is 5.69 Å². The van der Waals surface area contributed by atoms with E-state index in [1.54, 1.807) is 0 Å². The second kappa shape index (κ2) is 12.7. The fourth-order valence-electron chi connectivity index (χ4n) is 3.35. The summed E-state index contributed by atoms with van der Waals surface area (Å²) in [6.07, 6.45) is -3.69. The molecular formula is C17H23N6O16P3. The Bertz CT molecular complexity index is 1600. The van der Waals surface area contributed by atoms with Crippen LogP contribution in [0.1, 0.15) is 16.6 Å². The molecule has 1 aromatic carbocycles. The van der Waals surface area contributed by atoms with Crippen molar-refractivity contribution in [1.29, 1.82) is 0 Å². The number of phenols is 1. The van der Waals surface area contributed by atoms with Gasteiger partial charge in [0.05, 0.1) is 12.9 Å². The normalized spacial score (nSPS) is 23.5. The minimum atomic E-state index is -5.70. The molecule has 0 spiro atoms. The van der Waals surface area contributed by atoms with Crippen molar-refractivity contribution in [3.05, 3.63) is 36.4 Å². The molecule has 1 aliphatic heterocycles. The number of imidazole rings is 1. The molecule has 0 aliphatic carbocycles. The highest BCUT2D eigenvalue weighted by atomic mass is 31.3. The summed E-state index contributed by atoms with van der Waals surface area (Å²) in [5, 5.41) is 37.9. The van der Waals surface area contributed by atoms with Crippen molar-refractivity contribution >= 4 is 52.1 Å². The number of aliphatic hydroxyl groups excluding tert-OH is 2. The first-order valence-electron chi connectivity index (χ1n) is 10.8. The summed E-state index contributed by atoms with van der Waals surface area (Å²) < 4.78 is 51.9. The number of aromatic carboxylic acids is 1. The zero-order valence-corrected chi connectivity index (χ0v) is 23.2. The molecule has 3 heterocycles.